The van der Waals surface area contributed by atoms with E-state index in [-0.39, 0.29) is 18.4 Å². The number of carboxylic acids is 1. The zero-order valence-electron chi connectivity index (χ0n) is 15.8. The van der Waals surface area contributed by atoms with Crippen LogP contribution in [0.2, 0.25) is 0 Å². The maximum Gasteiger partial charge on any atom is 0.407 e. The summed E-state index contributed by atoms with van der Waals surface area (Å²) in [6.45, 7) is 11.9. The number of nitrogens with one attached hydrogen (secondary N) is 1. The quantitative estimate of drug-likeness (QED) is 0.409. The molecule has 0 aromatic rings. The molecule has 0 spiro atoms. The van der Waals surface area contributed by atoms with E-state index >= 15 is 0 Å². The van der Waals surface area contributed by atoms with Crippen LogP contribution in [0.1, 0.15) is 65.2 Å². The molecule has 1 amide bonds. The van der Waals surface area contributed by atoms with Crippen molar-refractivity contribution in [1.82, 2.24) is 5.32 Å². The third kappa shape index (κ3) is 13.2. The minimum atomic E-state index is -0.796. The Morgan fingerprint density at radius 1 is 1.16 bits per heavy atom. The Hall–Kier alpha value is -1.78. The lowest BCUT2D eigenvalue weighted by atomic mass is 9.87. The monoisotopic (exact) mass is 353 g/mol. The van der Waals surface area contributed by atoms with E-state index in [1.165, 1.54) is 0 Å². The van der Waals surface area contributed by atoms with Gasteiger partial charge in [0.25, 0.3) is 0 Å². The van der Waals surface area contributed by atoms with Gasteiger partial charge in [0.1, 0.15) is 6.10 Å². The summed E-state index contributed by atoms with van der Waals surface area (Å²) in [5, 5.41) is 11.8. The fraction of sp³-hybridized carbons (Fsp3) is 0.700. The standard InChI is InChI=1S/C20H35NO4/c1-5-8-10-16(4)11-12-17(15-19(22)23)14-18(9-6-2)25-20(24)21-13-7-3/h5,7,16-18H,1,3,6,8-15H2,2,4H3,(H,21,24)(H,22,23). The summed E-state index contributed by atoms with van der Waals surface area (Å²) in [5.74, 6) is -0.238. The minimum Gasteiger partial charge on any atom is -0.481 e. The highest BCUT2D eigenvalue weighted by molar-refractivity contribution is 5.68. The molecular formula is C20H35NO4. The van der Waals surface area contributed by atoms with Crippen molar-refractivity contribution in [1.29, 1.82) is 0 Å². The van der Waals surface area contributed by atoms with Crippen LogP contribution in [0, 0.1) is 11.8 Å². The average Bonchev–Trinajstić information content (AvgIpc) is 2.55. The van der Waals surface area contributed by atoms with Gasteiger partial charge in [0.15, 0.2) is 0 Å². The topological polar surface area (TPSA) is 75.6 Å². The maximum atomic E-state index is 11.8. The lowest BCUT2D eigenvalue weighted by molar-refractivity contribution is -0.138. The van der Waals surface area contributed by atoms with Crippen LogP contribution in [0.5, 0.6) is 0 Å². The highest BCUT2D eigenvalue weighted by atomic mass is 16.6. The van der Waals surface area contributed by atoms with Gasteiger partial charge < -0.3 is 15.2 Å². The van der Waals surface area contributed by atoms with E-state index < -0.39 is 12.1 Å². The second kappa shape index (κ2) is 14.6. The van der Waals surface area contributed by atoms with E-state index in [2.05, 4.69) is 25.4 Å². The van der Waals surface area contributed by atoms with Crippen molar-refractivity contribution in [3.8, 4) is 0 Å². The van der Waals surface area contributed by atoms with Crippen LogP contribution >= 0.6 is 0 Å². The zero-order valence-corrected chi connectivity index (χ0v) is 15.8. The van der Waals surface area contributed by atoms with Crippen molar-refractivity contribution >= 4 is 12.1 Å². The zero-order chi connectivity index (χ0) is 19.1. The van der Waals surface area contributed by atoms with Crippen molar-refractivity contribution < 1.29 is 19.4 Å². The largest absolute Gasteiger partial charge is 0.481 e. The molecule has 0 radical (unpaired) electrons. The number of aliphatic carboxylic acids is 1. The van der Waals surface area contributed by atoms with E-state index in [0.29, 0.717) is 18.9 Å². The van der Waals surface area contributed by atoms with Crippen LogP contribution in [0.4, 0.5) is 4.79 Å². The Morgan fingerprint density at radius 2 is 1.88 bits per heavy atom. The van der Waals surface area contributed by atoms with Crippen LogP contribution in [0.3, 0.4) is 0 Å². The number of carboxylic acid groups (broad SMARTS) is 1. The van der Waals surface area contributed by atoms with Gasteiger partial charge in [-0.15, -0.1) is 13.2 Å². The van der Waals surface area contributed by atoms with Gasteiger partial charge in [-0.2, -0.15) is 0 Å². The Balaban J connectivity index is 4.62. The molecule has 2 N–H and O–H groups in total. The van der Waals surface area contributed by atoms with Gasteiger partial charge in [-0.3, -0.25) is 4.79 Å². The summed E-state index contributed by atoms with van der Waals surface area (Å²) in [7, 11) is 0. The van der Waals surface area contributed by atoms with Gasteiger partial charge in [-0.25, -0.2) is 4.79 Å². The molecule has 25 heavy (non-hydrogen) atoms. The number of carbonyl (C=O) groups excluding carboxylic acids is 1. The van der Waals surface area contributed by atoms with E-state index in [4.69, 9.17) is 4.74 Å². The fourth-order valence-electron chi connectivity index (χ4n) is 2.88. The van der Waals surface area contributed by atoms with E-state index in [1.807, 2.05) is 13.0 Å². The molecule has 3 atom stereocenters. The second-order valence-corrected chi connectivity index (χ2v) is 6.73. The molecular weight excluding hydrogens is 318 g/mol. The summed E-state index contributed by atoms with van der Waals surface area (Å²) in [6, 6.07) is 0. The van der Waals surface area contributed by atoms with Crippen molar-refractivity contribution in [2.75, 3.05) is 6.54 Å². The Labute approximate surface area is 152 Å². The van der Waals surface area contributed by atoms with Gasteiger partial charge in [0.05, 0.1) is 0 Å². The Morgan fingerprint density at radius 3 is 2.44 bits per heavy atom. The number of hydrogen-bond donors (Lipinski definition) is 2. The molecule has 0 saturated carbocycles. The molecule has 0 aliphatic rings. The van der Waals surface area contributed by atoms with Gasteiger partial charge in [-0.1, -0.05) is 38.8 Å². The SMILES string of the molecule is C=CCCC(C)CCC(CC(=O)O)CC(CCC)OC(=O)NCC=C. The molecule has 5 nitrogen and oxygen atoms in total. The molecule has 0 aliphatic carbocycles. The molecule has 0 fully saturated rings. The fourth-order valence-corrected chi connectivity index (χ4v) is 2.88. The van der Waals surface area contributed by atoms with Crippen LogP contribution in [0.15, 0.2) is 25.3 Å². The first-order chi connectivity index (χ1) is 11.9. The number of hydrogen-bond acceptors (Lipinski definition) is 3. The Bertz CT molecular complexity index is 409. The minimum absolute atomic E-state index is 0.0208. The summed E-state index contributed by atoms with van der Waals surface area (Å²) >= 11 is 0. The van der Waals surface area contributed by atoms with Crippen LogP contribution in [-0.4, -0.2) is 29.8 Å². The molecule has 0 rings (SSSR count). The summed E-state index contributed by atoms with van der Waals surface area (Å²) in [6.07, 6.45) is 9.00. The van der Waals surface area contributed by atoms with Crippen molar-refractivity contribution in [2.24, 2.45) is 11.8 Å². The average molecular weight is 354 g/mol. The number of alkyl carbamates (subject to hydrolysis) is 1. The molecule has 0 aromatic heterocycles. The molecule has 144 valence electrons. The summed E-state index contributed by atoms with van der Waals surface area (Å²) < 4.78 is 5.47. The van der Waals surface area contributed by atoms with E-state index in [0.717, 1.165) is 38.5 Å². The Kier molecular flexibility index (Phi) is 13.5. The second-order valence-electron chi connectivity index (χ2n) is 6.73. The lowest BCUT2D eigenvalue weighted by Gasteiger charge is -2.24. The maximum absolute atomic E-state index is 11.8. The van der Waals surface area contributed by atoms with Gasteiger partial charge in [0.2, 0.25) is 0 Å². The lowest BCUT2D eigenvalue weighted by Crippen LogP contribution is -2.30. The number of ether oxygens (including phenoxy) is 1. The number of allylic oxidation sites excluding steroid dienone is 1. The van der Waals surface area contributed by atoms with Crippen molar-refractivity contribution in [3.05, 3.63) is 25.3 Å². The smallest absolute Gasteiger partial charge is 0.407 e. The first-order valence-corrected chi connectivity index (χ1v) is 9.30. The van der Waals surface area contributed by atoms with Gasteiger partial charge >= 0.3 is 12.1 Å². The molecule has 0 aliphatic heterocycles. The molecule has 0 bridgehead atoms. The first-order valence-electron chi connectivity index (χ1n) is 9.30. The van der Waals surface area contributed by atoms with Gasteiger partial charge in [0, 0.05) is 13.0 Å². The van der Waals surface area contributed by atoms with Crippen molar-refractivity contribution in [3.63, 3.8) is 0 Å². The summed E-state index contributed by atoms with van der Waals surface area (Å²) in [5.41, 5.74) is 0. The summed E-state index contributed by atoms with van der Waals surface area (Å²) in [4.78, 5) is 23.0. The highest BCUT2D eigenvalue weighted by Crippen LogP contribution is 2.25. The first kappa shape index (κ1) is 23.2. The molecule has 0 heterocycles. The van der Waals surface area contributed by atoms with Crippen molar-refractivity contribution in [2.45, 2.75) is 71.3 Å². The van der Waals surface area contributed by atoms with E-state index in [9.17, 15) is 14.7 Å². The van der Waals surface area contributed by atoms with Gasteiger partial charge in [-0.05, 0) is 43.9 Å². The van der Waals surface area contributed by atoms with Crippen LogP contribution in [-0.2, 0) is 9.53 Å². The molecule has 3 unspecified atom stereocenters. The third-order valence-corrected chi connectivity index (χ3v) is 4.27. The third-order valence-electron chi connectivity index (χ3n) is 4.27. The number of carbonyl (C=O) groups is 2. The molecule has 0 aromatic carbocycles. The highest BCUT2D eigenvalue weighted by Gasteiger charge is 2.22. The van der Waals surface area contributed by atoms with Crippen LogP contribution < -0.4 is 5.32 Å². The van der Waals surface area contributed by atoms with Crippen LogP contribution in [0.25, 0.3) is 0 Å². The van der Waals surface area contributed by atoms with E-state index in [1.54, 1.807) is 6.08 Å². The molecule has 5 heteroatoms. The number of rotatable bonds is 15. The number of amides is 1. The predicted octanol–water partition coefficient (Wildman–Crippen LogP) is 4.93. The molecule has 0 saturated heterocycles. The predicted molar refractivity (Wildman–Crippen MR) is 102 cm³/mol. The normalized spacial score (nSPS) is 14.2.